The Balaban J connectivity index is 1.56. The molecule has 2 amide bonds. The monoisotopic (exact) mass is 689 g/mol. The van der Waals surface area contributed by atoms with Crippen LogP contribution in [0.2, 0.25) is 0 Å². The van der Waals surface area contributed by atoms with Gasteiger partial charge in [-0.2, -0.15) is 4.31 Å². The molecule has 0 radical (unpaired) electrons. The summed E-state index contributed by atoms with van der Waals surface area (Å²) in [4.78, 5) is 48.7. The molecular weight excluding hydrogens is 654 g/mol. The van der Waals surface area contributed by atoms with E-state index in [-0.39, 0.29) is 31.5 Å². The number of benzene rings is 2. The minimum Gasteiger partial charge on any atom is -0.460 e. The number of alkyl carbamates (subject to hydrolysis) is 1. The highest BCUT2D eigenvalue weighted by Crippen LogP contribution is 2.26. The van der Waals surface area contributed by atoms with Crippen molar-refractivity contribution >= 4 is 39.6 Å². The number of amides is 2. The third-order valence-corrected chi connectivity index (χ3v) is 8.59. The van der Waals surface area contributed by atoms with Crippen molar-refractivity contribution in [2.24, 2.45) is 5.92 Å². The number of ether oxygens (including phenoxy) is 3. The molecule has 47 heavy (non-hydrogen) atoms. The van der Waals surface area contributed by atoms with Gasteiger partial charge in [-0.25, -0.2) is 40.4 Å². The lowest BCUT2D eigenvalue weighted by atomic mass is 10.1. The van der Waals surface area contributed by atoms with Crippen molar-refractivity contribution in [1.29, 1.82) is 0 Å². The molecular formula is C30H35F4N3O9S. The second kappa shape index (κ2) is 15.1. The zero-order valence-electron chi connectivity index (χ0n) is 26.2. The van der Waals surface area contributed by atoms with E-state index in [1.807, 2.05) is 0 Å². The highest BCUT2D eigenvalue weighted by molar-refractivity contribution is 7.89. The van der Waals surface area contributed by atoms with E-state index in [1.54, 1.807) is 34.6 Å². The Labute approximate surface area is 268 Å². The summed E-state index contributed by atoms with van der Waals surface area (Å²) in [5, 5.41) is 4.49. The van der Waals surface area contributed by atoms with Gasteiger partial charge in [-0.3, -0.25) is 4.79 Å². The van der Waals surface area contributed by atoms with Gasteiger partial charge in [-0.1, -0.05) is 13.8 Å². The summed E-state index contributed by atoms with van der Waals surface area (Å²) < 4.78 is 97.8. The SMILES string of the molecule is CC(C)[C@H](NC(=O)OC(C)(C)C)C(=O)OCC(=O)OC1CCN(S(=O)(=O)c2cc(C(=O)Nc3cc(F)c(F)c(F)c3)ccc2F)CC1. The second-order valence-electron chi connectivity index (χ2n) is 11.9. The lowest BCUT2D eigenvalue weighted by Crippen LogP contribution is -2.47. The maximum Gasteiger partial charge on any atom is 0.408 e. The lowest BCUT2D eigenvalue weighted by Gasteiger charge is -2.31. The Morgan fingerprint density at radius 2 is 1.55 bits per heavy atom. The number of halogens is 4. The van der Waals surface area contributed by atoms with Crippen LogP contribution in [0.5, 0.6) is 0 Å². The number of nitrogens with one attached hydrogen (secondary N) is 2. The van der Waals surface area contributed by atoms with Crippen molar-refractivity contribution in [2.45, 2.75) is 70.1 Å². The van der Waals surface area contributed by atoms with Crippen molar-refractivity contribution in [3.05, 3.63) is 59.2 Å². The fourth-order valence-corrected chi connectivity index (χ4v) is 5.93. The van der Waals surface area contributed by atoms with E-state index in [0.717, 1.165) is 22.5 Å². The summed E-state index contributed by atoms with van der Waals surface area (Å²) in [5.41, 5.74) is -1.63. The first-order valence-corrected chi connectivity index (χ1v) is 15.8. The van der Waals surface area contributed by atoms with E-state index in [9.17, 15) is 45.2 Å². The molecule has 0 unspecified atom stereocenters. The average molecular weight is 690 g/mol. The number of carbonyl (C=O) groups is 4. The normalized spacial score (nSPS) is 15.1. The van der Waals surface area contributed by atoms with Crippen LogP contribution in [0.4, 0.5) is 28.0 Å². The van der Waals surface area contributed by atoms with Gasteiger partial charge >= 0.3 is 18.0 Å². The fourth-order valence-electron chi connectivity index (χ4n) is 4.37. The van der Waals surface area contributed by atoms with Crippen molar-refractivity contribution < 1.29 is 59.4 Å². The highest BCUT2D eigenvalue weighted by atomic mass is 32.2. The van der Waals surface area contributed by atoms with Crippen molar-refractivity contribution in [3.63, 3.8) is 0 Å². The molecule has 17 heteroatoms. The molecule has 2 aromatic rings. The van der Waals surface area contributed by atoms with Crippen molar-refractivity contribution in [3.8, 4) is 0 Å². The van der Waals surface area contributed by atoms with E-state index in [1.165, 1.54) is 0 Å². The summed E-state index contributed by atoms with van der Waals surface area (Å²) in [5.74, 6) is -9.29. The molecule has 3 rings (SSSR count). The number of piperidine rings is 1. The molecule has 2 aromatic carbocycles. The van der Waals surface area contributed by atoms with Gasteiger partial charge in [-0.05, 0) is 57.7 Å². The first kappa shape index (κ1) is 37.2. The summed E-state index contributed by atoms with van der Waals surface area (Å²) in [6.45, 7) is 7.09. The predicted molar refractivity (Wildman–Crippen MR) is 157 cm³/mol. The van der Waals surface area contributed by atoms with Gasteiger partial charge < -0.3 is 24.8 Å². The largest absolute Gasteiger partial charge is 0.460 e. The molecule has 1 aliphatic rings. The van der Waals surface area contributed by atoms with E-state index < -0.39 is 98.1 Å². The average Bonchev–Trinajstić information content (AvgIpc) is 2.96. The molecule has 1 aliphatic heterocycles. The molecule has 12 nitrogen and oxygen atoms in total. The zero-order chi connectivity index (χ0) is 35.3. The third kappa shape index (κ3) is 10.1. The fraction of sp³-hybridized carbons (Fsp3) is 0.467. The van der Waals surface area contributed by atoms with Gasteiger partial charge in [0.2, 0.25) is 10.0 Å². The molecule has 0 spiro atoms. The maximum absolute atomic E-state index is 14.7. The van der Waals surface area contributed by atoms with Gasteiger partial charge in [0.05, 0.1) is 0 Å². The first-order chi connectivity index (χ1) is 21.8. The van der Waals surface area contributed by atoms with E-state index >= 15 is 0 Å². The Kier molecular flexibility index (Phi) is 12.0. The Morgan fingerprint density at radius 1 is 0.957 bits per heavy atom. The molecule has 0 aromatic heterocycles. The number of sulfonamides is 1. The number of anilines is 1. The molecule has 0 bridgehead atoms. The van der Waals surface area contributed by atoms with Crippen LogP contribution in [0, 0.1) is 29.2 Å². The van der Waals surface area contributed by atoms with Crippen molar-refractivity contribution in [2.75, 3.05) is 25.0 Å². The second-order valence-corrected chi connectivity index (χ2v) is 13.8. The van der Waals surface area contributed by atoms with Crippen LogP contribution in [0.1, 0.15) is 57.8 Å². The van der Waals surface area contributed by atoms with E-state index in [0.29, 0.717) is 12.1 Å². The summed E-state index contributed by atoms with van der Waals surface area (Å²) >= 11 is 0. The Morgan fingerprint density at radius 3 is 2.11 bits per heavy atom. The number of rotatable bonds is 10. The van der Waals surface area contributed by atoms with Crippen LogP contribution >= 0.6 is 0 Å². The molecule has 0 aliphatic carbocycles. The van der Waals surface area contributed by atoms with Crippen LogP contribution in [0.25, 0.3) is 0 Å². The molecule has 1 fully saturated rings. The first-order valence-electron chi connectivity index (χ1n) is 14.4. The van der Waals surface area contributed by atoms with Gasteiger partial charge in [0, 0.05) is 36.5 Å². The summed E-state index contributed by atoms with van der Waals surface area (Å²) in [6.07, 6.45) is -1.58. The number of hydrogen-bond donors (Lipinski definition) is 2. The van der Waals surface area contributed by atoms with Crippen LogP contribution in [-0.4, -0.2) is 74.1 Å². The predicted octanol–water partition coefficient (Wildman–Crippen LogP) is 4.28. The number of esters is 2. The minimum absolute atomic E-state index is 0.0111. The minimum atomic E-state index is -4.50. The molecule has 258 valence electrons. The highest BCUT2D eigenvalue weighted by Gasteiger charge is 2.34. The van der Waals surface area contributed by atoms with Crippen LogP contribution < -0.4 is 10.6 Å². The summed E-state index contributed by atoms with van der Waals surface area (Å²) in [6, 6.07) is 2.37. The molecule has 1 atom stereocenters. The summed E-state index contributed by atoms with van der Waals surface area (Å²) in [7, 11) is -4.50. The molecule has 1 saturated heterocycles. The van der Waals surface area contributed by atoms with E-state index in [4.69, 9.17) is 14.2 Å². The Hall–Kier alpha value is -4.25. The van der Waals surface area contributed by atoms with Crippen LogP contribution in [0.3, 0.4) is 0 Å². The molecule has 1 heterocycles. The maximum atomic E-state index is 14.7. The van der Waals surface area contributed by atoms with Gasteiger partial charge in [0.25, 0.3) is 5.91 Å². The van der Waals surface area contributed by atoms with Gasteiger partial charge in [0.1, 0.15) is 28.5 Å². The van der Waals surface area contributed by atoms with Gasteiger partial charge in [0.15, 0.2) is 24.1 Å². The number of carbonyl (C=O) groups excluding carboxylic acids is 4. The Bertz CT molecular complexity index is 1600. The third-order valence-electron chi connectivity index (χ3n) is 6.68. The molecule has 2 N–H and O–H groups in total. The van der Waals surface area contributed by atoms with E-state index in [2.05, 4.69) is 10.6 Å². The van der Waals surface area contributed by atoms with Crippen LogP contribution in [-0.2, 0) is 33.8 Å². The zero-order valence-corrected chi connectivity index (χ0v) is 27.0. The number of nitrogens with zero attached hydrogens (tertiary/aromatic N) is 1. The smallest absolute Gasteiger partial charge is 0.408 e. The standard InChI is InChI=1S/C30H35F4N3O9S/c1-16(2)26(36-29(41)46-30(3,4)5)28(40)44-15-24(38)45-19-8-10-37(11-9-19)47(42,43)23-12-17(6-7-20(23)31)27(39)35-18-13-21(32)25(34)22(33)14-18/h6-7,12-14,16,19,26H,8-11,15H2,1-5H3,(H,35,39)(H,36,41)/t26-/m0/s1. The quantitative estimate of drug-likeness (QED) is 0.161. The molecule has 0 saturated carbocycles. The van der Waals surface area contributed by atoms with Gasteiger partial charge in [-0.15, -0.1) is 0 Å². The van der Waals surface area contributed by atoms with Crippen LogP contribution in [0.15, 0.2) is 35.2 Å². The number of hydrogen-bond acceptors (Lipinski definition) is 9. The topological polar surface area (TPSA) is 157 Å². The van der Waals surface area contributed by atoms with Crippen molar-refractivity contribution in [1.82, 2.24) is 9.62 Å². The lowest BCUT2D eigenvalue weighted by molar-refractivity contribution is -0.164.